The van der Waals surface area contributed by atoms with Gasteiger partial charge in [0.25, 0.3) is 5.91 Å². The minimum atomic E-state index is -0.390. The van der Waals surface area contributed by atoms with Crippen molar-refractivity contribution in [3.05, 3.63) is 101 Å². The van der Waals surface area contributed by atoms with Gasteiger partial charge in [0.15, 0.2) is 18.1 Å². The number of allylic oxidation sites excluding steroid dienone is 1. The summed E-state index contributed by atoms with van der Waals surface area (Å²) in [7, 11) is 1.55. The molecule has 0 aliphatic carbocycles. The summed E-state index contributed by atoms with van der Waals surface area (Å²) in [6.07, 6.45) is 4.07. The fraction of sp³-hybridized carbons (Fsp3) is 0.154. The van der Waals surface area contributed by atoms with Gasteiger partial charge in [0.2, 0.25) is 0 Å². The Balaban J connectivity index is 1.48. The van der Waals surface area contributed by atoms with Gasteiger partial charge in [-0.2, -0.15) is 5.10 Å². The van der Waals surface area contributed by atoms with Crippen molar-refractivity contribution < 1.29 is 19.0 Å². The number of nitrogens with zero attached hydrogens (tertiary/aromatic N) is 1. The summed E-state index contributed by atoms with van der Waals surface area (Å²) >= 11 is 5.90. The molecule has 0 saturated heterocycles. The van der Waals surface area contributed by atoms with Gasteiger partial charge in [-0.25, -0.2) is 5.43 Å². The van der Waals surface area contributed by atoms with Gasteiger partial charge in [0.1, 0.15) is 12.4 Å². The van der Waals surface area contributed by atoms with Gasteiger partial charge in [-0.05, 0) is 59.5 Å². The van der Waals surface area contributed by atoms with Crippen LogP contribution in [0.2, 0.25) is 5.02 Å². The molecule has 7 heteroatoms. The Labute approximate surface area is 198 Å². The Bertz CT molecular complexity index is 1110. The van der Waals surface area contributed by atoms with Crippen LogP contribution in [0.4, 0.5) is 0 Å². The molecular weight excluding hydrogens is 440 g/mol. The first kappa shape index (κ1) is 23.9. The average molecular weight is 465 g/mol. The number of nitrogens with one attached hydrogen (secondary N) is 1. The van der Waals surface area contributed by atoms with E-state index >= 15 is 0 Å². The third-order valence-electron chi connectivity index (χ3n) is 4.55. The van der Waals surface area contributed by atoms with Crippen LogP contribution in [-0.2, 0) is 17.8 Å². The normalized spacial score (nSPS) is 10.6. The zero-order valence-electron chi connectivity index (χ0n) is 18.3. The highest BCUT2D eigenvalue weighted by molar-refractivity contribution is 6.30. The maximum Gasteiger partial charge on any atom is 0.277 e. The number of methoxy groups -OCH3 is 1. The van der Waals surface area contributed by atoms with E-state index in [4.69, 9.17) is 25.8 Å². The summed E-state index contributed by atoms with van der Waals surface area (Å²) < 4.78 is 16.7. The van der Waals surface area contributed by atoms with Crippen molar-refractivity contribution in [3.63, 3.8) is 0 Å². The van der Waals surface area contributed by atoms with E-state index in [9.17, 15) is 4.79 Å². The van der Waals surface area contributed by atoms with Gasteiger partial charge in [-0.3, -0.25) is 4.79 Å². The molecule has 6 nitrogen and oxygen atoms in total. The van der Waals surface area contributed by atoms with Crippen molar-refractivity contribution in [3.8, 4) is 17.2 Å². The molecule has 0 bridgehead atoms. The third kappa shape index (κ3) is 7.70. The Kier molecular flexibility index (Phi) is 8.91. The number of hydrogen-bond donors (Lipinski definition) is 1. The largest absolute Gasteiger partial charge is 0.493 e. The summed E-state index contributed by atoms with van der Waals surface area (Å²) in [5.41, 5.74) is 5.29. The summed E-state index contributed by atoms with van der Waals surface area (Å²) in [5, 5.41) is 4.67. The second kappa shape index (κ2) is 12.3. The maximum absolute atomic E-state index is 12.1. The van der Waals surface area contributed by atoms with Crippen LogP contribution in [-0.4, -0.2) is 25.8 Å². The van der Waals surface area contributed by atoms with Crippen LogP contribution in [0, 0.1) is 0 Å². The number of hydrazone groups is 1. The number of carbonyl (C=O) groups is 1. The van der Waals surface area contributed by atoms with Crippen LogP contribution in [0.3, 0.4) is 0 Å². The molecule has 0 aliphatic heterocycles. The van der Waals surface area contributed by atoms with Crippen LogP contribution in [0.15, 0.2) is 84.5 Å². The van der Waals surface area contributed by atoms with Crippen molar-refractivity contribution in [2.24, 2.45) is 5.10 Å². The molecule has 0 fully saturated rings. The van der Waals surface area contributed by atoms with E-state index in [1.54, 1.807) is 13.2 Å². The molecule has 0 spiro atoms. The van der Waals surface area contributed by atoms with Gasteiger partial charge in [0.05, 0.1) is 13.3 Å². The summed E-state index contributed by atoms with van der Waals surface area (Å²) in [6, 6.07) is 20.4. The smallest absolute Gasteiger partial charge is 0.277 e. The van der Waals surface area contributed by atoms with Crippen molar-refractivity contribution in [1.29, 1.82) is 0 Å². The number of benzene rings is 3. The van der Waals surface area contributed by atoms with Crippen LogP contribution in [0.1, 0.15) is 16.7 Å². The fourth-order valence-electron chi connectivity index (χ4n) is 2.91. The molecule has 170 valence electrons. The average Bonchev–Trinajstić information content (AvgIpc) is 2.83. The van der Waals surface area contributed by atoms with Crippen LogP contribution in [0.25, 0.3) is 0 Å². The van der Waals surface area contributed by atoms with Crippen molar-refractivity contribution in [1.82, 2.24) is 5.43 Å². The van der Waals surface area contributed by atoms with E-state index < -0.39 is 5.91 Å². The molecule has 0 heterocycles. The van der Waals surface area contributed by atoms with E-state index in [1.807, 2.05) is 66.7 Å². The van der Waals surface area contributed by atoms with Gasteiger partial charge >= 0.3 is 0 Å². The Hall–Kier alpha value is -3.77. The van der Waals surface area contributed by atoms with E-state index in [1.165, 1.54) is 6.21 Å². The second-order valence-corrected chi connectivity index (χ2v) is 7.48. The molecule has 3 aromatic rings. The molecule has 0 saturated carbocycles. The van der Waals surface area contributed by atoms with Gasteiger partial charge < -0.3 is 14.2 Å². The lowest BCUT2D eigenvalue weighted by Crippen LogP contribution is -2.24. The minimum absolute atomic E-state index is 0.196. The molecular formula is C26H25ClN2O4. The van der Waals surface area contributed by atoms with Crippen LogP contribution < -0.4 is 19.6 Å². The highest BCUT2D eigenvalue weighted by Crippen LogP contribution is 2.28. The number of rotatable bonds is 11. The number of ether oxygens (including phenoxy) is 3. The monoisotopic (exact) mass is 464 g/mol. The standard InChI is InChI=1S/C26H25ClN2O4/c1-3-5-19-10-13-24(25(15-19)31-2)33-18-26(30)29-28-16-21-6-4-7-23(14-21)32-17-20-8-11-22(27)12-9-20/h3-4,6-16H,1,5,17-18H2,2H3,(H,29,30). The lowest BCUT2D eigenvalue weighted by atomic mass is 10.1. The van der Waals surface area contributed by atoms with E-state index in [-0.39, 0.29) is 6.61 Å². The van der Waals surface area contributed by atoms with E-state index in [0.717, 1.165) is 23.1 Å². The third-order valence-corrected chi connectivity index (χ3v) is 4.80. The summed E-state index contributed by atoms with van der Waals surface area (Å²) in [6.45, 7) is 3.95. The summed E-state index contributed by atoms with van der Waals surface area (Å²) in [5.74, 6) is 1.34. The molecule has 1 amide bonds. The number of carbonyl (C=O) groups excluding carboxylic acids is 1. The number of hydrogen-bond acceptors (Lipinski definition) is 5. The molecule has 3 aromatic carbocycles. The van der Waals surface area contributed by atoms with Gasteiger partial charge in [-0.15, -0.1) is 6.58 Å². The Morgan fingerprint density at radius 1 is 1.03 bits per heavy atom. The Morgan fingerprint density at radius 2 is 1.82 bits per heavy atom. The molecule has 0 unspecified atom stereocenters. The van der Waals surface area contributed by atoms with E-state index in [2.05, 4.69) is 17.1 Å². The van der Waals surface area contributed by atoms with Crippen molar-refractivity contribution >= 4 is 23.7 Å². The zero-order chi connectivity index (χ0) is 23.5. The number of amides is 1. The lowest BCUT2D eigenvalue weighted by Gasteiger charge is -2.11. The predicted molar refractivity (Wildman–Crippen MR) is 130 cm³/mol. The molecule has 3 rings (SSSR count). The molecule has 0 radical (unpaired) electrons. The molecule has 0 atom stereocenters. The van der Waals surface area contributed by atoms with Gasteiger partial charge in [-0.1, -0.05) is 48.0 Å². The first-order valence-electron chi connectivity index (χ1n) is 10.3. The SMILES string of the molecule is C=CCc1ccc(OCC(=O)NN=Cc2cccc(OCc3ccc(Cl)cc3)c2)c(OC)c1. The minimum Gasteiger partial charge on any atom is -0.493 e. The quantitative estimate of drug-likeness (QED) is 0.241. The highest BCUT2D eigenvalue weighted by Gasteiger charge is 2.08. The highest BCUT2D eigenvalue weighted by atomic mass is 35.5. The first-order chi connectivity index (χ1) is 16.1. The predicted octanol–water partition coefficient (Wildman–Crippen LogP) is 5.19. The van der Waals surface area contributed by atoms with Gasteiger partial charge in [0, 0.05) is 5.02 Å². The number of halogens is 1. The zero-order valence-corrected chi connectivity index (χ0v) is 19.0. The van der Waals surface area contributed by atoms with Crippen molar-refractivity contribution in [2.75, 3.05) is 13.7 Å². The van der Waals surface area contributed by atoms with Crippen LogP contribution >= 0.6 is 11.6 Å². The topological polar surface area (TPSA) is 69.2 Å². The first-order valence-corrected chi connectivity index (χ1v) is 10.6. The molecule has 1 N–H and O–H groups in total. The molecule has 33 heavy (non-hydrogen) atoms. The van der Waals surface area contributed by atoms with Crippen LogP contribution in [0.5, 0.6) is 17.2 Å². The lowest BCUT2D eigenvalue weighted by molar-refractivity contribution is -0.123. The molecule has 0 aliphatic rings. The Morgan fingerprint density at radius 3 is 2.58 bits per heavy atom. The van der Waals surface area contributed by atoms with E-state index in [0.29, 0.717) is 28.9 Å². The van der Waals surface area contributed by atoms with Crippen molar-refractivity contribution in [2.45, 2.75) is 13.0 Å². The summed E-state index contributed by atoms with van der Waals surface area (Å²) in [4.78, 5) is 12.1. The maximum atomic E-state index is 12.1. The fourth-order valence-corrected chi connectivity index (χ4v) is 3.04. The second-order valence-electron chi connectivity index (χ2n) is 7.05. The molecule has 0 aromatic heterocycles.